The van der Waals surface area contributed by atoms with Gasteiger partial charge in [0.25, 0.3) is 0 Å². The highest BCUT2D eigenvalue weighted by molar-refractivity contribution is 5.70. The summed E-state index contributed by atoms with van der Waals surface area (Å²) in [5.41, 5.74) is 0.964. The number of ether oxygens (including phenoxy) is 7. The standard InChI is InChI=1S/C57H104N2O10/c1-5-9-13-30-43-63-48-53(49-64-44-31-14-10-6-2)68-55(60)37-26-19-17-21-28-40-59(42-34-39-58-57(62)67-47-52-35-24-23-25-36-52)41-29-22-18-20-27-38-56(61)69-54(50-65-45-32-15-11-7-3)51-66-46-33-16-12-8-4/h23-25,35-36,53-54H,5-22,26-34,37-51H2,1-4H3,(H,58,62). The number of esters is 2. The van der Waals surface area contributed by atoms with Gasteiger partial charge in [0.05, 0.1) is 26.4 Å². The molecule has 1 aromatic carbocycles. The number of hydrogen-bond donors (Lipinski definition) is 1. The molecule has 1 aromatic rings. The van der Waals surface area contributed by atoms with Gasteiger partial charge in [-0.15, -0.1) is 0 Å². The molecule has 1 N–H and O–H groups in total. The number of alkyl carbamates (subject to hydrolysis) is 1. The van der Waals surface area contributed by atoms with Gasteiger partial charge < -0.3 is 43.4 Å². The van der Waals surface area contributed by atoms with Crippen LogP contribution in [0.2, 0.25) is 0 Å². The van der Waals surface area contributed by atoms with Crippen LogP contribution in [0.15, 0.2) is 30.3 Å². The lowest BCUT2D eigenvalue weighted by Gasteiger charge is -2.22. The first-order valence-electron chi connectivity index (χ1n) is 28.3. The molecule has 0 saturated carbocycles. The first-order valence-corrected chi connectivity index (χ1v) is 28.3. The van der Waals surface area contributed by atoms with E-state index in [-0.39, 0.29) is 30.8 Å². The Bertz CT molecular complexity index is 1180. The molecule has 0 unspecified atom stereocenters. The predicted molar refractivity (Wildman–Crippen MR) is 281 cm³/mol. The summed E-state index contributed by atoms with van der Waals surface area (Å²) in [6.07, 6.45) is 29.1. The molecule has 0 bridgehead atoms. The minimum absolute atomic E-state index is 0.163. The molecule has 12 heteroatoms. The van der Waals surface area contributed by atoms with Crippen LogP contribution >= 0.6 is 0 Å². The molecule has 0 aliphatic heterocycles. The number of carbonyl (C=O) groups is 3. The number of unbranched alkanes of at least 4 members (excludes halogenated alkanes) is 20. The van der Waals surface area contributed by atoms with Crippen molar-refractivity contribution >= 4 is 18.0 Å². The van der Waals surface area contributed by atoms with Crippen LogP contribution in [0.4, 0.5) is 4.79 Å². The van der Waals surface area contributed by atoms with Crippen LogP contribution in [0.5, 0.6) is 0 Å². The van der Waals surface area contributed by atoms with Crippen molar-refractivity contribution in [2.75, 3.05) is 79.0 Å². The van der Waals surface area contributed by atoms with E-state index >= 15 is 0 Å². The van der Waals surface area contributed by atoms with Crippen molar-refractivity contribution in [1.29, 1.82) is 0 Å². The lowest BCUT2D eigenvalue weighted by Crippen LogP contribution is -2.31. The Morgan fingerprint density at radius 3 is 1.22 bits per heavy atom. The number of nitrogens with zero attached hydrogens (tertiary/aromatic N) is 1. The van der Waals surface area contributed by atoms with Crippen LogP contribution in [-0.4, -0.2) is 114 Å². The predicted octanol–water partition coefficient (Wildman–Crippen LogP) is 13.5. The lowest BCUT2D eigenvalue weighted by molar-refractivity contribution is -0.157. The summed E-state index contributed by atoms with van der Waals surface area (Å²) >= 11 is 0. The van der Waals surface area contributed by atoms with Gasteiger partial charge in [0.2, 0.25) is 0 Å². The van der Waals surface area contributed by atoms with E-state index in [4.69, 9.17) is 33.2 Å². The van der Waals surface area contributed by atoms with Gasteiger partial charge in [-0.25, -0.2) is 4.79 Å². The van der Waals surface area contributed by atoms with E-state index in [1.54, 1.807) is 0 Å². The molecular weight excluding hydrogens is 873 g/mol. The summed E-state index contributed by atoms with van der Waals surface area (Å²) < 4.78 is 40.6. The molecule has 0 aromatic heterocycles. The van der Waals surface area contributed by atoms with E-state index in [1.807, 2.05) is 30.3 Å². The maximum atomic E-state index is 12.8. The summed E-state index contributed by atoms with van der Waals surface area (Å²) in [5.74, 6) is -0.325. The van der Waals surface area contributed by atoms with Gasteiger partial charge in [0.1, 0.15) is 18.8 Å². The summed E-state index contributed by atoms with van der Waals surface area (Å²) in [5, 5.41) is 2.92. The van der Waals surface area contributed by atoms with Gasteiger partial charge >= 0.3 is 18.0 Å². The second kappa shape index (κ2) is 50.2. The molecule has 0 spiro atoms. The zero-order valence-corrected chi connectivity index (χ0v) is 44.8. The van der Waals surface area contributed by atoms with E-state index < -0.39 is 6.09 Å². The fraction of sp³-hybridized carbons (Fsp3) is 0.842. The molecular formula is C57H104N2O10. The van der Waals surface area contributed by atoms with Crippen LogP contribution in [0, 0.1) is 0 Å². The average Bonchev–Trinajstić information content (AvgIpc) is 3.35. The summed E-state index contributed by atoms with van der Waals surface area (Å²) in [7, 11) is 0. The second-order valence-corrected chi connectivity index (χ2v) is 19.0. The van der Waals surface area contributed by atoms with Gasteiger partial charge in [-0.2, -0.15) is 0 Å². The number of nitrogens with one attached hydrogen (secondary N) is 1. The molecule has 1 rings (SSSR count). The Labute approximate surface area is 422 Å². The van der Waals surface area contributed by atoms with E-state index in [0.29, 0.717) is 72.2 Å². The number of carbonyl (C=O) groups excluding carboxylic acids is 3. The Morgan fingerprint density at radius 1 is 0.449 bits per heavy atom. The largest absolute Gasteiger partial charge is 0.457 e. The first kappa shape index (κ1) is 64.2. The van der Waals surface area contributed by atoms with Crippen LogP contribution in [0.1, 0.15) is 219 Å². The molecule has 0 aliphatic rings. The maximum Gasteiger partial charge on any atom is 0.407 e. The van der Waals surface area contributed by atoms with Crippen molar-refractivity contribution < 1.29 is 47.5 Å². The Balaban J connectivity index is 2.49. The van der Waals surface area contributed by atoms with Crippen LogP contribution in [0.3, 0.4) is 0 Å². The van der Waals surface area contributed by atoms with Crippen molar-refractivity contribution in [3.05, 3.63) is 35.9 Å². The van der Waals surface area contributed by atoms with Crippen LogP contribution in [0.25, 0.3) is 0 Å². The molecule has 1 amide bonds. The van der Waals surface area contributed by atoms with E-state index in [9.17, 15) is 14.4 Å². The van der Waals surface area contributed by atoms with Crippen molar-refractivity contribution in [2.24, 2.45) is 0 Å². The minimum atomic E-state index is -0.390. The monoisotopic (exact) mass is 977 g/mol. The summed E-state index contributed by atoms with van der Waals surface area (Å²) in [4.78, 5) is 40.5. The average molecular weight is 977 g/mol. The van der Waals surface area contributed by atoms with E-state index in [1.165, 1.54) is 51.4 Å². The Hall–Kier alpha value is -2.77. The number of amides is 1. The third-order valence-corrected chi connectivity index (χ3v) is 12.2. The normalized spacial score (nSPS) is 11.5. The number of benzene rings is 1. The summed E-state index contributed by atoms with van der Waals surface area (Å²) in [6, 6.07) is 9.71. The number of hydrogen-bond acceptors (Lipinski definition) is 11. The lowest BCUT2D eigenvalue weighted by atomic mass is 10.1. The van der Waals surface area contributed by atoms with Crippen LogP contribution < -0.4 is 5.32 Å². The van der Waals surface area contributed by atoms with Crippen molar-refractivity contribution in [1.82, 2.24) is 10.2 Å². The third-order valence-electron chi connectivity index (χ3n) is 12.2. The van der Waals surface area contributed by atoms with Gasteiger partial charge in [0.15, 0.2) is 0 Å². The van der Waals surface area contributed by atoms with Gasteiger partial charge in [-0.3, -0.25) is 9.59 Å². The Morgan fingerprint density at radius 2 is 0.812 bits per heavy atom. The number of rotatable bonds is 52. The van der Waals surface area contributed by atoms with Crippen molar-refractivity contribution in [3.63, 3.8) is 0 Å². The molecule has 12 nitrogen and oxygen atoms in total. The van der Waals surface area contributed by atoms with Crippen molar-refractivity contribution in [2.45, 2.75) is 233 Å². The van der Waals surface area contributed by atoms with E-state index in [0.717, 1.165) is 147 Å². The maximum absolute atomic E-state index is 12.8. The van der Waals surface area contributed by atoms with Gasteiger partial charge in [0, 0.05) is 45.8 Å². The molecule has 0 atom stereocenters. The third kappa shape index (κ3) is 43.7. The molecule has 0 aliphatic carbocycles. The van der Waals surface area contributed by atoms with E-state index in [2.05, 4.69) is 37.9 Å². The van der Waals surface area contributed by atoms with Gasteiger partial charge in [-0.1, -0.05) is 174 Å². The topological polar surface area (TPSA) is 131 Å². The van der Waals surface area contributed by atoms with Gasteiger partial charge in [-0.05, 0) is 83.0 Å². The zero-order chi connectivity index (χ0) is 49.9. The quantitative estimate of drug-likeness (QED) is 0.0380. The second-order valence-electron chi connectivity index (χ2n) is 19.0. The van der Waals surface area contributed by atoms with Crippen LogP contribution in [-0.2, 0) is 49.4 Å². The highest BCUT2D eigenvalue weighted by Gasteiger charge is 2.17. The van der Waals surface area contributed by atoms with Crippen molar-refractivity contribution in [3.8, 4) is 0 Å². The smallest absolute Gasteiger partial charge is 0.407 e. The fourth-order valence-corrected chi connectivity index (χ4v) is 7.98. The molecule has 69 heavy (non-hydrogen) atoms. The first-order chi connectivity index (χ1) is 33.9. The SMILES string of the molecule is CCCCCCOCC(COCCCCCC)OC(=O)CCCCCCCN(CCCCCCCC(=O)OC(COCCCCCC)COCCCCCC)CCCNC(=O)OCc1ccccc1. The fourth-order valence-electron chi connectivity index (χ4n) is 7.98. The zero-order valence-electron chi connectivity index (χ0n) is 44.8. The molecule has 0 saturated heterocycles. The highest BCUT2D eigenvalue weighted by Crippen LogP contribution is 2.13. The minimum Gasteiger partial charge on any atom is -0.457 e. The highest BCUT2D eigenvalue weighted by atomic mass is 16.6. The molecule has 0 radical (unpaired) electrons. The molecule has 402 valence electrons. The Kier molecular flexibility index (Phi) is 46.7. The summed E-state index contributed by atoms with van der Waals surface area (Å²) in [6.45, 7) is 16.8. The molecule has 0 heterocycles. The molecule has 0 fully saturated rings.